The van der Waals surface area contributed by atoms with Crippen LogP contribution in [-0.2, 0) is 4.74 Å². The number of hydrazone groups is 1. The fourth-order valence-electron chi connectivity index (χ4n) is 3.44. The van der Waals surface area contributed by atoms with Crippen molar-refractivity contribution in [1.82, 2.24) is 5.01 Å². The minimum absolute atomic E-state index is 0.110. The summed E-state index contributed by atoms with van der Waals surface area (Å²) in [5.41, 5.74) is 1.12. The van der Waals surface area contributed by atoms with E-state index in [2.05, 4.69) is 22.2 Å². The zero-order valence-corrected chi connectivity index (χ0v) is 10.9. The Labute approximate surface area is 112 Å². The van der Waals surface area contributed by atoms with Crippen molar-refractivity contribution in [1.29, 1.82) is 0 Å². The zero-order valence-electron chi connectivity index (χ0n) is 10.9. The lowest BCUT2D eigenvalue weighted by molar-refractivity contribution is 0.0181. The number of hydrogen-bond acceptors (Lipinski definition) is 5. The van der Waals surface area contributed by atoms with Crippen molar-refractivity contribution in [3.8, 4) is 0 Å². The summed E-state index contributed by atoms with van der Waals surface area (Å²) in [5.74, 6) is 0.179. The van der Waals surface area contributed by atoms with Gasteiger partial charge in [-0.1, -0.05) is 18.6 Å². The third-order valence-electron chi connectivity index (χ3n) is 4.52. The minimum Gasteiger partial charge on any atom is -0.458 e. The molecule has 2 aliphatic heterocycles. The summed E-state index contributed by atoms with van der Waals surface area (Å²) in [5, 5.41) is 16.6. The largest absolute Gasteiger partial charge is 0.458 e. The standard InChI is InChI=1S/C14H19N3O2/c18-13-9-5-1-2-6-10(9)16-17(13)14-15-11-7-3-4-8-12(11)19-14/h3,7,9,11-13,18H,1-2,4-6,8H2. The number of hydrogen-bond donors (Lipinski definition) is 1. The molecule has 19 heavy (non-hydrogen) atoms. The predicted octanol–water partition coefficient (Wildman–Crippen LogP) is 1.64. The molecule has 2 heterocycles. The molecule has 0 saturated heterocycles. The average Bonchev–Trinajstić information content (AvgIpc) is 3.00. The van der Waals surface area contributed by atoms with Gasteiger partial charge in [-0.05, 0) is 32.1 Å². The molecule has 0 bridgehead atoms. The molecule has 1 N–H and O–H groups in total. The molecule has 5 nitrogen and oxygen atoms in total. The second kappa shape index (κ2) is 4.34. The Morgan fingerprint density at radius 3 is 3.11 bits per heavy atom. The molecule has 0 aromatic rings. The molecule has 0 aromatic heterocycles. The lowest BCUT2D eigenvalue weighted by atomic mass is 9.87. The van der Waals surface area contributed by atoms with Crippen LogP contribution in [0.1, 0.15) is 38.5 Å². The van der Waals surface area contributed by atoms with Crippen molar-refractivity contribution in [3.63, 3.8) is 0 Å². The number of aliphatic imine (C=N–C) groups is 1. The van der Waals surface area contributed by atoms with Gasteiger partial charge in [0.25, 0.3) is 0 Å². The SMILES string of the molecule is OC1C2CCCCC2=NN1C1=NC2C=CCCC2O1. The van der Waals surface area contributed by atoms with Gasteiger partial charge in [0.1, 0.15) is 12.1 Å². The van der Waals surface area contributed by atoms with Crippen LogP contribution in [0.2, 0.25) is 0 Å². The van der Waals surface area contributed by atoms with E-state index in [1.165, 1.54) is 12.8 Å². The van der Waals surface area contributed by atoms with Crippen LogP contribution in [0.3, 0.4) is 0 Å². The number of aliphatic hydroxyl groups is 1. The number of nitrogens with zero attached hydrogens (tertiary/aromatic N) is 3. The monoisotopic (exact) mass is 261 g/mol. The van der Waals surface area contributed by atoms with Gasteiger partial charge >= 0.3 is 6.02 Å². The van der Waals surface area contributed by atoms with E-state index < -0.39 is 6.23 Å². The molecule has 0 amide bonds. The fourth-order valence-corrected chi connectivity index (χ4v) is 3.44. The van der Waals surface area contributed by atoms with E-state index in [9.17, 15) is 5.11 Å². The van der Waals surface area contributed by atoms with E-state index in [-0.39, 0.29) is 18.1 Å². The van der Waals surface area contributed by atoms with Crippen LogP contribution in [0.4, 0.5) is 0 Å². The van der Waals surface area contributed by atoms with Gasteiger partial charge in [0.2, 0.25) is 0 Å². The molecule has 0 radical (unpaired) electrons. The maximum absolute atomic E-state index is 10.4. The Morgan fingerprint density at radius 1 is 1.32 bits per heavy atom. The zero-order chi connectivity index (χ0) is 12.8. The molecule has 102 valence electrons. The van der Waals surface area contributed by atoms with Crippen LogP contribution in [0.25, 0.3) is 0 Å². The molecule has 1 saturated carbocycles. The van der Waals surface area contributed by atoms with Crippen LogP contribution in [0.15, 0.2) is 22.2 Å². The second-order valence-corrected chi connectivity index (χ2v) is 5.77. The number of aliphatic hydroxyl groups excluding tert-OH is 1. The lowest BCUT2D eigenvalue weighted by Gasteiger charge is -2.24. The Balaban J connectivity index is 1.57. The van der Waals surface area contributed by atoms with Crippen LogP contribution in [0.5, 0.6) is 0 Å². The highest BCUT2D eigenvalue weighted by Gasteiger charge is 2.43. The molecule has 2 aliphatic carbocycles. The first-order valence-corrected chi connectivity index (χ1v) is 7.29. The van der Waals surface area contributed by atoms with E-state index in [0.29, 0.717) is 6.02 Å². The Hall–Kier alpha value is -1.36. The van der Waals surface area contributed by atoms with E-state index in [1.54, 1.807) is 5.01 Å². The lowest BCUT2D eigenvalue weighted by Crippen LogP contribution is -2.38. The normalized spacial score (nSPS) is 40.4. The highest BCUT2D eigenvalue weighted by molar-refractivity contribution is 5.92. The molecular formula is C14H19N3O2. The van der Waals surface area contributed by atoms with Crippen molar-refractivity contribution < 1.29 is 9.84 Å². The first-order chi connectivity index (χ1) is 9.33. The van der Waals surface area contributed by atoms with E-state index in [1.807, 2.05) is 0 Å². The van der Waals surface area contributed by atoms with Crippen molar-refractivity contribution in [2.24, 2.45) is 16.0 Å². The van der Waals surface area contributed by atoms with Crippen molar-refractivity contribution in [2.75, 3.05) is 0 Å². The van der Waals surface area contributed by atoms with Gasteiger partial charge < -0.3 is 9.84 Å². The number of amidine groups is 1. The molecule has 4 atom stereocenters. The Bertz CT molecular complexity index is 471. The van der Waals surface area contributed by atoms with Gasteiger partial charge in [0.05, 0.1) is 0 Å². The van der Waals surface area contributed by atoms with Crippen LogP contribution < -0.4 is 0 Å². The predicted molar refractivity (Wildman–Crippen MR) is 71.7 cm³/mol. The van der Waals surface area contributed by atoms with Gasteiger partial charge in [-0.3, -0.25) is 0 Å². The summed E-state index contributed by atoms with van der Waals surface area (Å²) in [6, 6.07) is 0.620. The number of rotatable bonds is 0. The van der Waals surface area contributed by atoms with E-state index >= 15 is 0 Å². The smallest absolute Gasteiger partial charge is 0.312 e. The maximum Gasteiger partial charge on any atom is 0.312 e. The molecule has 4 aliphatic rings. The summed E-state index contributed by atoms with van der Waals surface area (Å²) < 4.78 is 5.88. The summed E-state index contributed by atoms with van der Waals surface area (Å²) in [7, 11) is 0. The van der Waals surface area contributed by atoms with Gasteiger partial charge in [-0.25, -0.2) is 4.99 Å². The summed E-state index contributed by atoms with van der Waals surface area (Å²) in [4.78, 5) is 4.57. The molecule has 0 spiro atoms. The molecule has 0 aromatic carbocycles. The fraction of sp³-hybridized carbons (Fsp3) is 0.714. The van der Waals surface area contributed by atoms with Gasteiger partial charge in [0, 0.05) is 11.6 Å². The second-order valence-electron chi connectivity index (χ2n) is 5.77. The van der Waals surface area contributed by atoms with Crippen molar-refractivity contribution in [2.45, 2.75) is 56.9 Å². The van der Waals surface area contributed by atoms with Crippen molar-refractivity contribution >= 4 is 11.7 Å². The number of allylic oxidation sites excluding steroid dienone is 1. The maximum atomic E-state index is 10.4. The summed E-state index contributed by atoms with van der Waals surface area (Å²) in [6.07, 6.45) is 10.2. The molecule has 5 heteroatoms. The van der Waals surface area contributed by atoms with Gasteiger partial charge in [-0.2, -0.15) is 10.1 Å². The van der Waals surface area contributed by atoms with E-state index in [4.69, 9.17) is 4.74 Å². The molecule has 4 rings (SSSR count). The average molecular weight is 261 g/mol. The molecule has 1 fully saturated rings. The third-order valence-corrected chi connectivity index (χ3v) is 4.52. The summed E-state index contributed by atoms with van der Waals surface area (Å²) >= 11 is 0. The highest BCUT2D eigenvalue weighted by Crippen LogP contribution is 2.34. The molecule has 4 unspecified atom stereocenters. The topological polar surface area (TPSA) is 57.4 Å². The third kappa shape index (κ3) is 1.79. The van der Waals surface area contributed by atoms with E-state index in [0.717, 1.165) is 31.4 Å². The van der Waals surface area contributed by atoms with Crippen LogP contribution >= 0.6 is 0 Å². The highest BCUT2D eigenvalue weighted by atomic mass is 16.5. The van der Waals surface area contributed by atoms with Gasteiger partial charge in [-0.15, -0.1) is 0 Å². The first kappa shape index (κ1) is 11.5. The van der Waals surface area contributed by atoms with Crippen LogP contribution in [0, 0.1) is 5.92 Å². The summed E-state index contributed by atoms with van der Waals surface area (Å²) in [6.45, 7) is 0. The van der Waals surface area contributed by atoms with Crippen LogP contribution in [-0.4, -0.2) is 40.2 Å². The Morgan fingerprint density at radius 2 is 2.26 bits per heavy atom. The Kier molecular flexibility index (Phi) is 2.62. The molecular weight excluding hydrogens is 242 g/mol. The number of ether oxygens (including phenoxy) is 1. The van der Waals surface area contributed by atoms with Gasteiger partial charge in [0.15, 0.2) is 6.23 Å². The minimum atomic E-state index is -0.585. The first-order valence-electron chi connectivity index (χ1n) is 7.29. The number of fused-ring (bicyclic) bond motifs is 2. The quantitative estimate of drug-likeness (QED) is 0.674. The van der Waals surface area contributed by atoms with Crippen molar-refractivity contribution in [3.05, 3.63) is 12.2 Å².